The van der Waals surface area contributed by atoms with Gasteiger partial charge in [-0.15, -0.1) is 0 Å². The third-order valence-corrected chi connectivity index (χ3v) is 3.83. The summed E-state index contributed by atoms with van der Waals surface area (Å²) in [4.78, 5) is 4.02. The van der Waals surface area contributed by atoms with Gasteiger partial charge in [-0.3, -0.25) is 4.98 Å². The molecular weight excluding hydrogens is 281 g/mol. The number of aromatic nitrogens is 1. The molecule has 1 saturated heterocycles. The van der Waals surface area contributed by atoms with E-state index < -0.39 is 11.7 Å². The van der Waals surface area contributed by atoms with E-state index in [0.29, 0.717) is 11.6 Å². The lowest BCUT2D eigenvalue weighted by Crippen LogP contribution is -2.27. The van der Waals surface area contributed by atoms with Crippen LogP contribution in [0.25, 0.3) is 0 Å². The molecule has 2 rings (SSSR count). The average Bonchev–Trinajstić information content (AvgIpc) is 2.47. The minimum absolute atomic E-state index is 0.000355. The SMILES string of the molecule is CCNC(CC1CCOCC1)c1ccc(C(F)(F)F)cn1. The third kappa shape index (κ3) is 4.68. The van der Waals surface area contributed by atoms with Crippen molar-refractivity contribution in [3.05, 3.63) is 29.6 Å². The van der Waals surface area contributed by atoms with Gasteiger partial charge < -0.3 is 10.1 Å². The summed E-state index contributed by atoms with van der Waals surface area (Å²) in [6.45, 7) is 4.28. The molecule has 0 radical (unpaired) electrons. The second kappa shape index (κ2) is 7.22. The van der Waals surface area contributed by atoms with E-state index in [9.17, 15) is 13.2 Å². The molecule has 0 saturated carbocycles. The Labute approximate surface area is 122 Å². The van der Waals surface area contributed by atoms with Gasteiger partial charge in [-0.05, 0) is 43.9 Å². The van der Waals surface area contributed by atoms with Gasteiger partial charge >= 0.3 is 6.18 Å². The summed E-state index contributed by atoms with van der Waals surface area (Å²) in [5.74, 6) is 0.534. The number of pyridine rings is 1. The first-order chi connectivity index (χ1) is 10.0. The largest absolute Gasteiger partial charge is 0.417 e. The van der Waals surface area contributed by atoms with Crippen molar-refractivity contribution in [2.24, 2.45) is 5.92 Å². The Morgan fingerprint density at radius 2 is 2.05 bits per heavy atom. The van der Waals surface area contributed by atoms with Gasteiger partial charge in [0.05, 0.1) is 11.3 Å². The predicted molar refractivity (Wildman–Crippen MR) is 73.8 cm³/mol. The fourth-order valence-corrected chi connectivity index (χ4v) is 2.65. The first kappa shape index (κ1) is 16.2. The van der Waals surface area contributed by atoms with Crippen LogP contribution < -0.4 is 5.32 Å². The molecular formula is C15H21F3N2O. The van der Waals surface area contributed by atoms with E-state index >= 15 is 0 Å². The number of halogens is 3. The lowest BCUT2D eigenvalue weighted by Gasteiger charge is -2.27. The van der Waals surface area contributed by atoms with Crippen molar-refractivity contribution in [3.63, 3.8) is 0 Å². The van der Waals surface area contributed by atoms with Crippen LogP contribution in [0.15, 0.2) is 18.3 Å². The molecule has 1 unspecified atom stereocenters. The smallest absolute Gasteiger partial charge is 0.381 e. The van der Waals surface area contributed by atoms with Crippen molar-refractivity contribution >= 4 is 0 Å². The van der Waals surface area contributed by atoms with E-state index in [1.54, 1.807) is 0 Å². The zero-order valence-electron chi connectivity index (χ0n) is 12.1. The maximum absolute atomic E-state index is 12.6. The molecule has 1 aliphatic rings. The molecule has 21 heavy (non-hydrogen) atoms. The van der Waals surface area contributed by atoms with Crippen LogP contribution in [0.5, 0.6) is 0 Å². The highest BCUT2D eigenvalue weighted by atomic mass is 19.4. The van der Waals surface area contributed by atoms with Crippen molar-refractivity contribution in [1.29, 1.82) is 0 Å². The van der Waals surface area contributed by atoms with Crippen LogP contribution in [0.2, 0.25) is 0 Å². The van der Waals surface area contributed by atoms with Crippen LogP contribution >= 0.6 is 0 Å². The summed E-state index contributed by atoms with van der Waals surface area (Å²) < 4.78 is 43.1. The lowest BCUT2D eigenvalue weighted by molar-refractivity contribution is -0.137. The number of ether oxygens (including phenoxy) is 1. The van der Waals surface area contributed by atoms with Crippen LogP contribution in [-0.2, 0) is 10.9 Å². The number of alkyl halides is 3. The Morgan fingerprint density at radius 3 is 2.57 bits per heavy atom. The Balaban J connectivity index is 2.06. The second-order valence-corrected chi connectivity index (χ2v) is 5.37. The van der Waals surface area contributed by atoms with Crippen molar-refractivity contribution in [2.75, 3.05) is 19.8 Å². The zero-order chi connectivity index (χ0) is 15.3. The zero-order valence-corrected chi connectivity index (χ0v) is 12.1. The van der Waals surface area contributed by atoms with E-state index in [1.807, 2.05) is 6.92 Å². The van der Waals surface area contributed by atoms with E-state index in [-0.39, 0.29) is 6.04 Å². The average molecular weight is 302 g/mol. The van der Waals surface area contributed by atoms with Crippen LogP contribution in [-0.4, -0.2) is 24.7 Å². The van der Waals surface area contributed by atoms with E-state index in [1.165, 1.54) is 6.07 Å². The molecule has 1 atom stereocenters. The molecule has 1 aromatic heterocycles. The molecule has 0 amide bonds. The summed E-state index contributed by atoms with van der Waals surface area (Å²) in [7, 11) is 0. The topological polar surface area (TPSA) is 34.1 Å². The highest BCUT2D eigenvalue weighted by Gasteiger charge is 2.31. The Bertz CT molecular complexity index is 428. The summed E-state index contributed by atoms with van der Waals surface area (Å²) >= 11 is 0. The van der Waals surface area contributed by atoms with Crippen molar-refractivity contribution < 1.29 is 17.9 Å². The summed E-state index contributed by atoms with van der Waals surface area (Å²) in [5.41, 5.74) is -0.0242. The molecule has 0 aliphatic carbocycles. The molecule has 6 heteroatoms. The maximum Gasteiger partial charge on any atom is 0.417 e. The summed E-state index contributed by atoms with van der Waals surface area (Å²) in [6, 6.07) is 2.59. The fourth-order valence-electron chi connectivity index (χ4n) is 2.65. The van der Waals surface area contributed by atoms with Crippen LogP contribution in [0, 0.1) is 5.92 Å². The van der Waals surface area contributed by atoms with Gasteiger partial charge in [0.1, 0.15) is 0 Å². The summed E-state index contributed by atoms with van der Waals surface area (Å²) in [6.07, 6.45) is -0.524. The maximum atomic E-state index is 12.6. The van der Waals surface area contributed by atoms with Gasteiger partial charge in [0.25, 0.3) is 0 Å². The lowest BCUT2D eigenvalue weighted by atomic mass is 9.91. The first-order valence-corrected chi connectivity index (χ1v) is 7.35. The highest BCUT2D eigenvalue weighted by Crippen LogP contribution is 2.31. The van der Waals surface area contributed by atoms with Crippen molar-refractivity contribution in [2.45, 2.75) is 38.4 Å². The van der Waals surface area contributed by atoms with E-state index in [4.69, 9.17) is 4.74 Å². The molecule has 0 spiro atoms. The monoisotopic (exact) mass is 302 g/mol. The van der Waals surface area contributed by atoms with Gasteiger partial charge in [-0.1, -0.05) is 6.92 Å². The molecule has 1 aromatic rings. The second-order valence-electron chi connectivity index (χ2n) is 5.37. The number of rotatable bonds is 5. The molecule has 1 N–H and O–H groups in total. The van der Waals surface area contributed by atoms with Crippen molar-refractivity contribution in [1.82, 2.24) is 10.3 Å². The van der Waals surface area contributed by atoms with Crippen LogP contribution in [0.1, 0.15) is 43.5 Å². The Kier molecular flexibility index (Phi) is 5.58. The molecule has 118 valence electrons. The van der Waals surface area contributed by atoms with Crippen molar-refractivity contribution in [3.8, 4) is 0 Å². The molecule has 0 bridgehead atoms. The molecule has 1 fully saturated rings. The van der Waals surface area contributed by atoms with Gasteiger partial charge in [-0.25, -0.2) is 0 Å². The predicted octanol–water partition coefficient (Wildman–Crippen LogP) is 3.57. The number of nitrogens with one attached hydrogen (secondary N) is 1. The van der Waals surface area contributed by atoms with Gasteiger partial charge in [-0.2, -0.15) is 13.2 Å². The molecule has 1 aliphatic heterocycles. The fraction of sp³-hybridized carbons (Fsp3) is 0.667. The minimum Gasteiger partial charge on any atom is -0.381 e. The molecule has 0 aromatic carbocycles. The summed E-state index contributed by atoms with van der Waals surface area (Å²) in [5, 5.41) is 3.32. The third-order valence-electron chi connectivity index (χ3n) is 3.83. The Hall–Kier alpha value is -1.14. The number of nitrogens with zero attached hydrogens (tertiary/aromatic N) is 1. The molecule has 3 nitrogen and oxygen atoms in total. The number of hydrogen-bond acceptors (Lipinski definition) is 3. The van der Waals surface area contributed by atoms with Gasteiger partial charge in [0.2, 0.25) is 0 Å². The first-order valence-electron chi connectivity index (χ1n) is 7.35. The van der Waals surface area contributed by atoms with Crippen LogP contribution in [0.3, 0.4) is 0 Å². The standard InChI is InChI=1S/C15H21F3N2O/c1-2-19-14(9-11-5-7-21-8-6-11)13-4-3-12(10-20-13)15(16,17)18/h3-4,10-11,14,19H,2,5-9H2,1H3. The minimum atomic E-state index is -4.33. The van der Waals surface area contributed by atoms with E-state index in [2.05, 4.69) is 10.3 Å². The molecule has 2 heterocycles. The number of hydrogen-bond donors (Lipinski definition) is 1. The van der Waals surface area contributed by atoms with E-state index in [0.717, 1.165) is 51.3 Å². The van der Waals surface area contributed by atoms with Gasteiger partial charge in [0, 0.05) is 25.5 Å². The highest BCUT2D eigenvalue weighted by molar-refractivity contribution is 5.19. The normalized spacial score (nSPS) is 18.7. The van der Waals surface area contributed by atoms with Gasteiger partial charge in [0.15, 0.2) is 0 Å². The quantitative estimate of drug-likeness (QED) is 0.903. The van der Waals surface area contributed by atoms with Crippen LogP contribution in [0.4, 0.5) is 13.2 Å². The Morgan fingerprint density at radius 1 is 1.33 bits per heavy atom.